The van der Waals surface area contributed by atoms with Gasteiger partial charge in [-0.05, 0) is 6.92 Å². The van der Waals surface area contributed by atoms with Gasteiger partial charge in [0.1, 0.15) is 0 Å². The van der Waals surface area contributed by atoms with E-state index in [1.807, 2.05) is 6.92 Å². The second-order valence-corrected chi connectivity index (χ2v) is 1.98. The van der Waals surface area contributed by atoms with E-state index in [-0.39, 0.29) is 0 Å². The van der Waals surface area contributed by atoms with Gasteiger partial charge < -0.3 is 4.74 Å². The van der Waals surface area contributed by atoms with Gasteiger partial charge in [-0.1, -0.05) is 12.2 Å². The van der Waals surface area contributed by atoms with E-state index in [2.05, 4.69) is 11.6 Å². The first kappa shape index (κ1) is 9.08. The van der Waals surface area contributed by atoms with Gasteiger partial charge in [0.15, 0.2) is 0 Å². The minimum Gasteiger partial charge on any atom is -0.375 e. The molecule has 0 aliphatic rings. The zero-order valence-electron chi connectivity index (χ0n) is 6.09. The third kappa shape index (κ3) is 7.08. The number of rotatable bonds is 5. The van der Waals surface area contributed by atoms with Gasteiger partial charge in [-0.25, -0.2) is 9.79 Å². The van der Waals surface area contributed by atoms with E-state index < -0.39 is 0 Å². The Morgan fingerprint density at radius 1 is 1.80 bits per heavy atom. The molecule has 56 valence electrons. The van der Waals surface area contributed by atoms with Crippen LogP contribution in [-0.4, -0.2) is 25.8 Å². The fraction of sp³-hybridized carbons (Fsp3) is 0.571. The standard InChI is InChI=1S/C7H11NO2/c1-7(2)5-10-4-3-8-6-9/h1,3-5H2,2H3. The zero-order chi connectivity index (χ0) is 7.82. The highest BCUT2D eigenvalue weighted by molar-refractivity contribution is 5.32. The fourth-order valence-corrected chi connectivity index (χ4v) is 0.402. The molecule has 0 aromatic rings. The Bertz CT molecular complexity index is 144. The zero-order valence-corrected chi connectivity index (χ0v) is 6.09. The predicted molar refractivity (Wildman–Crippen MR) is 38.6 cm³/mol. The van der Waals surface area contributed by atoms with E-state index in [9.17, 15) is 4.79 Å². The molecule has 0 atom stereocenters. The van der Waals surface area contributed by atoms with Crippen LogP contribution in [0.1, 0.15) is 6.92 Å². The molecule has 3 nitrogen and oxygen atoms in total. The van der Waals surface area contributed by atoms with E-state index in [4.69, 9.17) is 4.74 Å². The molecule has 3 heteroatoms. The number of nitrogens with zero attached hydrogens (tertiary/aromatic N) is 1. The summed E-state index contributed by atoms with van der Waals surface area (Å²) in [6.45, 7) is 6.90. The van der Waals surface area contributed by atoms with Crippen molar-refractivity contribution >= 4 is 6.08 Å². The maximum absolute atomic E-state index is 9.54. The molecule has 0 rings (SSSR count). The van der Waals surface area contributed by atoms with Crippen LogP contribution in [0.25, 0.3) is 0 Å². The lowest BCUT2D eigenvalue weighted by Gasteiger charge is -1.98. The maximum Gasteiger partial charge on any atom is 0.235 e. The smallest absolute Gasteiger partial charge is 0.235 e. The van der Waals surface area contributed by atoms with Crippen molar-refractivity contribution in [3.8, 4) is 0 Å². The molecule has 0 aliphatic carbocycles. The molecular weight excluding hydrogens is 130 g/mol. The summed E-state index contributed by atoms with van der Waals surface area (Å²) < 4.78 is 5.02. The Balaban J connectivity index is 3.05. The topological polar surface area (TPSA) is 38.7 Å². The molecule has 0 aromatic carbocycles. The van der Waals surface area contributed by atoms with Gasteiger partial charge in [0.2, 0.25) is 6.08 Å². The molecule has 0 saturated heterocycles. The van der Waals surface area contributed by atoms with E-state index in [1.54, 1.807) is 0 Å². The summed E-state index contributed by atoms with van der Waals surface area (Å²) >= 11 is 0. The van der Waals surface area contributed by atoms with Gasteiger partial charge >= 0.3 is 0 Å². The monoisotopic (exact) mass is 141 g/mol. The molecule has 0 fully saturated rings. The van der Waals surface area contributed by atoms with Crippen molar-refractivity contribution in [2.24, 2.45) is 4.99 Å². The normalized spacial score (nSPS) is 8.50. The third-order valence-electron chi connectivity index (χ3n) is 0.760. The van der Waals surface area contributed by atoms with E-state index in [1.165, 1.54) is 6.08 Å². The Hall–Kier alpha value is -0.920. The first-order valence-corrected chi connectivity index (χ1v) is 3.03. The summed E-state index contributed by atoms with van der Waals surface area (Å²) in [4.78, 5) is 12.8. The minimum absolute atomic E-state index is 0.386. The average molecular weight is 141 g/mol. The van der Waals surface area contributed by atoms with Crippen LogP contribution >= 0.6 is 0 Å². The van der Waals surface area contributed by atoms with Crippen LogP contribution in [-0.2, 0) is 9.53 Å². The van der Waals surface area contributed by atoms with Gasteiger partial charge in [-0.2, -0.15) is 0 Å². The predicted octanol–water partition coefficient (Wildman–Crippen LogP) is 0.915. The van der Waals surface area contributed by atoms with Gasteiger partial charge in [-0.15, -0.1) is 0 Å². The fourth-order valence-electron chi connectivity index (χ4n) is 0.402. The van der Waals surface area contributed by atoms with Gasteiger partial charge in [0.25, 0.3) is 0 Å². The molecule has 0 N–H and O–H groups in total. The lowest BCUT2D eigenvalue weighted by Crippen LogP contribution is -1.99. The highest BCUT2D eigenvalue weighted by Crippen LogP contribution is 1.86. The lowest BCUT2D eigenvalue weighted by atomic mass is 10.4. The van der Waals surface area contributed by atoms with Crippen molar-refractivity contribution in [3.63, 3.8) is 0 Å². The molecule has 0 bridgehead atoms. The second-order valence-electron chi connectivity index (χ2n) is 1.98. The summed E-state index contributed by atoms with van der Waals surface area (Å²) in [6, 6.07) is 0. The Morgan fingerprint density at radius 3 is 3.00 bits per heavy atom. The van der Waals surface area contributed by atoms with Crippen LogP contribution in [0, 0.1) is 0 Å². The molecule has 0 amide bonds. The molecule has 0 spiro atoms. The van der Waals surface area contributed by atoms with Crippen molar-refractivity contribution in [1.82, 2.24) is 0 Å². The lowest BCUT2D eigenvalue weighted by molar-refractivity contribution is 0.165. The maximum atomic E-state index is 9.54. The Morgan fingerprint density at radius 2 is 2.50 bits per heavy atom. The molecule has 0 aliphatic heterocycles. The van der Waals surface area contributed by atoms with E-state index >= 15 is 0 Å². The average Bonchev–Trinajstić information content (AvgIpc) is 1.87. The van der Waals surface area contributed by atoms with Gasteiger partial charge in [0.05, 0.1) is 19.8 Å². The molecule has 10 heavy (non-hydrogen) atoms. The van der Waals surface area contributed by atoms with Crippen molar-refractivity contribution in [3.05, 3.63) is 12.2 Å². The van der Waals surface area contributed by atoms with Crippen LogP contribution in [0.3, 0.4) is 0 Å². The van der Waals surface area contributed by atoms with Crippen LogP contribution in [0.5, 0.6) is 0 Å². The SMILES string of the molecule is C=C(C)COCCN=C=O. The highest BCUT2D eigenvalue weighted by atomic mass is 16.5. The summed E-state index contributed by atoms with van der Waals surface area (Å²) in [5.41, 5.74) is 0.968. The quantitative estimate of drug-likeness (QED) is 0.247. The van der Waals surface area contributed by atoms with Crippen LogP contribution < -0.4 is 0 Å². The van der Waals surface area contributed by atoms with Crippen LogP contribution in [0.15, 0.2) is 17.1 Å². The van der Waals surface area contributed by atoms with E-state index in [0.29, 0.717) is 19.8 Å². The highest BCUT2D eigenvalue weighted by Gasteiger charge is 1.85. The third-order valence-corrected chi connectivity index (χ3v) is 0.760. The first-order chi connectivity index (χ1) is 4.77. The van der Waals surface area contributed by atoms with Crippen molar-refractivity contribution in [1.29, 1.82) is 0 Å². The molecule has 0 aromatic heterocycles. The molecule has 0 saturated carbocycles. The number of hydrogen-bond acceptors (Lipinski definition) is 3. The van der Waals surface area contributed by atoms with Gasteiger partial charge in [0, 0.05) is 0 Å². The summed E-state index contributed by atoms with van der Waals surface area (Å²) in [5.74, 6) is 0. The molecule has 0 radical (unpaired) electrons. The van der Waals surface area contributed by atoms with Crippen LogP contribution in [0.4, 0.5) is 0 Å². The van der Waals surface area contributed by atoms with E-state index in [0.717, 1.165) is 5.57 Å². The number of isocyanates is 1. The minimum atomic E-state index is 0.386. The second kappa shape index (κ2) is 6.20. The summed E-state index contributed by atoms with van der Waals surface area (Å²) in [5, 5.41) is 0. The van der Waals surface area contributed by atoms with Crippen LogP contribution in [0.2, 0.25) is 0 Å². The molecule has 0 heterocycles. The number of aliphatic imine (C=N–C) groups is 1. The molecular formula is C7H11NO2. The van der Waals surface area contributed by atoms with Crippen molar-refractivity contribution < 1.29 is 9.53 Å². The number of ether oxygens (including phenoxy) is 1. The number of carbonyl (C=O) groups excluding carboxylic acids is 1. The van der Waals surface area contributed by atoms with Gasteiger partial charge in [-0.3, -0.25) is 0 Å². The molecule has 0 unspecified atom stereocenters. The Kier molecular flexibility index (Phi) is 5.63. The first-order valence-electron chi connectivity index (χ1n) is 3.03. The summed E-state index contributed by atoms with van der Waals surface area (Å²) in [7, 11) is 0. The Labute approximate surface area is 60.4 Å². The number of hydrogen-bond donors (Lipinski definition) is 0. The summed E-state index contributed by atoms with van der Waals surface area (Å²) in [6.07, 6.45) is 1.43. The van der Waals surface area contributed by atoms with Crippen molar-refractivity contribution in [2.75, 3.05) is 19.8 Å². The largest absolute Gasteiger partial charge is 0.375 e. The van der Waals surface area contributed by atoms with Crippen molar-refractivity contribution in [2.45, 2.75) is 6.92 Å².